The summed E-state index contributed by atoms with van der Waals surface area (Å²) in [6, 6.07) is 8.25. The molecule has 1 aromatic heterocycles. The van der Waals surface area contributed by atoms with Crippen LogP contribution in [0.25, 0.3) is 0 Å². The van der Waals surface area contributed by atoms with Crippen LogP contribution >= 0.6 is 0 Å². The molecule has 0 spiro atoms. The number of aromatic carboxylic acids is 1. The minimum absolute atomic E-state index is 0.0460. The van der Waals surface area contributed by atoms with Crippen molar-refractivity contribution in [2.75, 3.05) is 45.2 Å². The van der Waals surface area contributed by atoms with E-state index in [9.17, 15) is 18.3 Å². The summed E-state index contributed by atoms with van der Waals surface area (Å²) in [5.41, 5.74) is 0.0460. The predicted octanol–water partition coefficient (Wildman–Crippen LogP) is 2.33. The number of carboxylic acids is 1. The molecule has 170 valence electrons. The van der Waals surface area contributed by atoms with Crippen molar-refractivity contribution in [3.8, 4) is 0 Å². The smallest absolute Gasteiger partial charge is 0.341 e. The largest absolute Gasteiger partial charge is 0.477 e. The lowest BCUT2D eigenvalue weighted by atomic mass is 10.2. The number of benzene rings is 1. The highest BCUT2D eigenvalue weighted by Crippen LogP contribution is 2.24. The van der Waals surface area contributed by atoms with Gasteiger partial charge in [-0.15, -0.1) is 0 Å². The Labute approximate surface area is 184 Å². The fourth-order valence-electron chi connectivity index (χ4n) is 3.32. The zero-order chi connectivity index (χ0) is 23.2. The Bertz CT molecular complexity index is 975. The first-order valence-corrected chi connectivity index (χ1v) is 11.7. The van der Waals surface area contributed by atoms with E-state index < -0.39 is 16.0 Å². The molecule has 1 unspecified atom stereocenters. The zero-order valence-electron chi connectivity index (χ0n) is 18.7. The van der Waals surface area contributed by atoms with E-state index in [-0.39, 0.29) is 11.6 Å². The summed E-state index contributed by atoms with van der Waals surface area (Å²) in [5.74, 6) is -0.217. The summed E-state index contributed by atoms with van der Waals surface area (Å²) in [5, 5.41) is 9.31. The number of carbonyl (C=O) groups is 1. The average Bonchev–Trinajstić information content (AvgIpc) is 2.80. The second kappa shape index (κ2) is 10.7. The predicted molar refractivity (Wildman–Crippen MR) is 120 cm³/mol. The molecule has 1 aliphatic rings. The minimum Gasteiger partial charge on any atom is -0.477 e. The molecular weight excluding hydrogens is 418 g/mol. The van der Waals surface area contributed by atoms with Crippen LogP contribution in [0.5, 0.6) is 0 Å². The Morgan fingerprint density at radius 2 is 1.68 bits per heavy atom. The maximum Gasteiger partial charge on any atom is 0.341 e. The number of aromatic nitrogens is 2. The van der Waals surface area contributed by atoms with Gasteiger partial charge in [0.25, 0.3) is 0 Å². The van der Waals surface area contributed by atoms with Crippen molar-refractivity contribution in [2.24, 2.45) is 0 Å². The van der Waals surface area contributed by atoms with E-state index in [2.05, 4.69) is 14.9 Å². The van der Waals surface area contributed by atoms with E-state index in [1.54, 1.807) is 49.3 Å². The van der Waals surface area contributed by atoms with E-state index >= 15 is 0 Å². The third kappa shape index (κ3) is 5.57. The third-order valence-electron chi connectivity index (χ3n) is 5.02. The number of hydrogen-bond donors (Lipinski definition) is 1. The first-order chi connectivity index (χ1) is 14.7. The van der Waals surface area contributed by atoms with Gasteiger partial charge in [0, 0.05) is 46.5 Å². The molecule has 1 N–H and O–H groups in total. The van der Waals surface area contributed by atoms with Crippen molar-refractivity contribution >= 4 is 21.8 Å². The van der Waals surface area contributed by atoms with Gasteiger partial charge in [0.15, 0.2) is 0 Å². The molecular formula is C21H31N5O4S. The molecule has 9 nitrogen and oxygen atoms in total. The summed E-state index contributed by atoms with van der Waals surface area (Å²) < 4.78 is 27.0. The minimum atomic E-state index is -3.51. The Morgan fingerprint density at radius 3 is 2.19 bits per heavy atom. The van der Waals surface area contributed by atoms with Gasteiger partial charge < -0.3 is 10.0 Å². The topological polar surface area (TPSA) is 107 Å². The Morgan fingerprint density at radius 1 is 1.10 bits per heavy atom. The highest BCUT2D eigenvalue weighted by atomic mass is 32.2. The molecule has 1 aliphatic heterocycles. The summed E-state index contributed by atoms with van der Waals surface area (Å²) in [6.45, 7) is 7.75. The first-order valence-electron chi connectivity index (χ1n) is 10.3. The Balaban J connectivity index is 0.00000166. The molecule has 10 heteroatoms. The lowest BCUT2D eigenvalue weighted by Crippen LogP contribution is -2.49. The molecule has 3 rings (SSSR count). The molecule has 1 saturated heterocycles. The fraction of sp³-hybridized carbons (Fsp3) is 0.476. The van der Waals surface area contributed by atoms with Crippen molar-refractivity contribution in [1.82, 2.24) is 19.2 Å². The number of nitrogens with zero attached hydrogens (tertiary/aromatic N) is 5. The SMILES string of the molecule is CC.CC(c1ncc(C(=O)O)c(N(C)C)n1)N1CCN(S(=O)(=O)c2ccccc2)CC1. The van der Waals surface area contributed by atoms with Crippen molar-refractivity contribution in [2.45, 2.75) is 31.7 Å². The van der Waals surface area contributed by atoms with Crippen molar-refractivity contribution < 1.29 is 18.3 Å². The molecule has 0 radical (unpaired) electrons. The normalized spacial score (nSPS) is 16.2. The van der Waals surface area contributed by atoms with Crippen LogP contribution in [-0.2, 0) is 10.0 Å². The van der Waals surface area contributed by atoms with Gasteiger partial charge in [-0.2, -0.15) is 4.31 Å². The maximum absolute atomic E-state index is 12.8. The summed E-state index contributed by atoms with van der Waals surface area (Å²) in [4.78, 5) is 24.1. The van der Waals surface area contributed by atoms with Gasteiger partial charge in [-0.05, 0) is 19.1 Å². The van der Waals surface area contributed by atoms with Gasteiger partial charge in [0.2, 0.25) is 10.0 Å². The third-order valence-corrected chi connectivity index (χ3v) is 6.93. The summed E-state index contributed by atoms with van der Waals surface area (Å²) in [6.07, 6.45) is 1.33. The molecule has 0 bridgehead atoms. The van der Waals surface area contributed by atoms with Crippen molar-refractivity contribution in [3.05, 3.63) is 47.9 Å². The standard InChI is InChI=1S/C19H25N5O4S.C2H6/c1-14(17-20-13-16(19(25)26)18(21-17)22(2)3)23-9-11-24(12-10-23)29(27,28)15-7-5-4-6-8-15;1-2/h4-8,13-14H,9-12H2,1-3H3,(H,25,26);1-2H3. The van der Waals surface area contributed by atoms with E-state index in [4.69, 9.17) is 0 Å². The van der Waals surface area contributed by atoms with Crippen LogP contribution in [0.2, 0.25) is 0 Å². The van der Waals surface area contributed by atoms with Gasteiger partial charge in [-0.25, -0.2) is 23.2 Å². The van der Waals surface area contributed by atoms with Gasteiger partial charge >= 0.3 is 5.97 Å². The van der Waals surface area contributed by atoms with Crippen LogP contribution in [0.15, 0.2) is 41.4 Å². The fourth-order valence-corrected chi connectivity index (χ4v) is 4.76. The first kappa shape index (κ1) is 24.7. The number of hydrogen-bond acceptors (Lipinski definition) is 7. The zero-order valence-corrected chi connectivity index (χ0v) is 19.5. The van der Waals surface area contributed by atoms with Crippen LogP contribution in [0.1, 0.15) is 43.0 Å². The van der Waals surface area contributed by atoms with Crippen molar-refractivity contribution in [3.63, 3.8) is 0 Å². The van der Waals surface area contributed by atoms with Crippen LogP contribution in [-0.4, -0.2) is 78.9 Å². The van der Waals surface area contributed by atoms with Gasteiger partial charge in [0.1, 0.15) is 17.2 Å². The van der Waals surface area contributed by atoms with E-state index in [1.165, 1.54) is 10.5 Å². The molecule has 1 aromatic carbocycles. The maximum atomic E-state index is 12.8. The summed E-state index contributed by atoms with van der Waals surface area (Å²) in [7, 11) is -0.0403. The van der Waals surface area contributed by atoms with Crippen LogP contribution in [0.4, 0.5) is 5.82 Å². The monoisotopic (exact) mass is 449 g/mol. The molecule has 1 atom stereocenters. The van der Waals surface area contributed by atoms with Gasteiger partial charge in [0.05, 0.1) is 10.9 Å². The van der Waals surface area contributed by atoms with E-state index in [1.807, 2.05) is 20.8 Å². The van der Waals surface area contributed by atoms with Gasteiger partial charge in [-0.3, -0.25) is 4.90 Å². The number of carboxylic acid groups (broad SMARTS) is 1. The number of piperazine rings is 1. The lowest BCUT2D eigenvalue weighted by Gasteiger charge is -2.36. The van der Waals surface area contributed by atoms with Gasteiger partial charge in [-0.1, -0.05) is 32.0 Å². The average molecular weight is 450 g/mol. The molecule has 1 fully saturated rings. The number of rotatable bonds is 6. The van der Waals surface area contributed by atoms with E-state index in [0.29, 0.717) is 42.7 Å². The molecule has 2 aromatic rings. The quantitative estimate of drug-likeness (QED) is 0.716. The second-order valence-corrected chi connectivity index (χ2v) is 9.03. The Kier molecular flexibility index (Phi) is 8.49. The molecule has 31 heavy (non-hydrogen) atoms. The second-order valence-electron chi connectivity index (χ2n) is 7.09. The lowest BCUT2D eigenvalue weighted by molar-refractivity contribution is 0.0696. The van der Waals surface area contributed by atoms with Crippen LogP contribution in [0, 0.1) is 0 Å². The summed E-state index contributed by atoms with van der Waals surface area (Å²) >= 11 is 0. The molecule has 0 aliphatic carbocycles. The molecule has 2 heterocycles. The number of anilines is 1. The molecule has 0 amide bonds. The number of sulfonamides is 1. The Hall–Kier alpha value is -2.56. The van der Waals surface area contributed by atoms with Crippen molar-refractivity contribution in [1.29, 1.82) is 0 Å². The highest BCUT2D eigenvalue weighted by molar-refractivity contribution is 7.89. The van der Waals surface area contributed by atoms with E-state index in [0.717, 1.165) is 0 Å². The van der Waals surface area contributed by atoms with Crippen LogP contribution < -0.4 is 4.90 Å². The highest BCUT2D eigenvalue weighted by Gasteiger charge is 2.31. The molecule has 0 saturated carbocycles. The van der Waals surface area contributed by atoms with Crippen LogP contribution in [0.3, 0.4) is 0 Å².